The summed E-state index contributed by atoms with van der Waals surface area (Å²) in [5.74, 6) is 0.478. The van der Waals surface area contributed by atoms with Crippen LogP contribution in [0.5, 0.6) is 0 Å². The Bertz CT molecular complexity index is 450. The molecule has 21 heavy (non-hydrogen) atoms. The number of methoxy groups -OCH3 is 1. The van der Waals surface area contributed by atoms with Gasteiger partial charge in [0.15, 0.2) is 4.34 Å². The van der Waals surface area contributed by atoms with Crippen LogP contribution >= 0.6 is 23.1 Å². The minimum Gasteiger partial charge on any atom is -0.383 e. The molecule has 118 valence electrons. The molecule has 1 atom stereocenters. The number of aryl methyl sites for hydroxylation is 1. The van der Waals surface area contributed by atoms with E-state index in [1.165, 1.54) is 23.1 Å². The molecule has 0 spiro atoms. The Morgan fingerprint density at radius 2 is 2.43 bits per heavy atom. The lowest BCUT2D eigenvalue weighted by molar-refractivity contribution is -0.130. The molecule has 0 aliphatic carbocycles. The van der Waals surface area contributed by atoms with Gasteiger partial charge < -0.3 is 14.4 Å². The van der Waals surface area contributed by atoms with Crippen molar-refractivity contribution in [3.8, 4) is 0 Å². The van der Waals surface area contributed by atoms with Gasteiger partial charge in [-0.15, -0.1) is 10.2 Å². The highest BCUT2D eigenvalue weighted by Crippen LogP contribution is 2.22. The van der Waals surface area contributed by atoms with Crippen LogP contribution in [0.1, 0.15) is 17.8 Å². The van der Waals surface area contributed by atoms with Crippen LogP contribution in [0.3, 0.4) is 0 Å². The smallest absolute Gasteiger partial charge is 0.233 e. The van der Waals surface area contributed by atoms with Crippen molar-refractivity contribution in [2.45, 2.75) is 30.2 Å². The van der Waals surface area contributed by atoms with Crippen molar-refractivity contribution in [1.82, 2.24) is 15.1 Å². The van der Waals surface area contributed by atoms with Gasteiger partial charge in [0.25, 0.3) is 0 Å². The van der Waals surface area contributed by atoms with E-state index in [0.29, 0.717) is 25.4 Å². The van der Waals surface area contributed by atoms with Crippen molar-refractivity contribution in [2.24, 2.45) is 0 Å². The number of rotatable bonds is 8. The van der Waals surface area contributed by atoms with Crippen molar-refractivity contribution in [2.75, 3.05) is 39.2 Å². The first-order valence-corrected chi connectivity index (χ1v) is 8.80. The average molecular weight is 331 g/mol. The van der Waals surface area contributed by atoms with Crippen molar-refractivity contribution >= 4 is 29.0 Å². The van der Waals surface area contributed by atoms with E-state index in [4.69, 9.17) is 9.47 Å². The number of aromatic nitrogens is 2. The maximum absolute atomic E-state index is 12.4. The van der Waals surface area contributed by atoms with E-state index in [1.54, 1.807) is 7.11 Å². The fourth-order valence-electron chi connectivity index (χ4n) is 2.10. The third-order valence-electron chi connectivity index (χ3n) is 3.19. The van der Waals surface area contributed by atoms with Crippen LogP contribution in [-0.4, -0.2) is 66.3 Å². The molecule has 8 heteroatoms. The highest BCUT2D eigenvalue weighted by molar-refractivity contribution is 8.01. The first-order chi connectivity index (χ1) is 10.2. The van der Waals surface area contributed by atoms with E-state index < -0.39 is 0 Å². The average Bonchev–Trinajstić information content (AvgIpc) is 3.12. The summed E-state index contributed by atoms with van der Waals surface area (Å²) in [5.41, 5.74) is 0. The summed E-state index contributed by atoms with van der Waals surface area (Å²) in [7, 11) is 1.65. The Balaban J connectivity index is 1.83. The van der Waals surface area contributed by atoms with Gasteiger partial charge >= 0.3 is 0 Å². The molecule has 0 N–H and O–H groups in total. The van der Waals surface area contributed by atoms with Gasteiger partial charge in [0.2, 0.25) is 5.91 Å². The molecule has 1 fully saturated rings. The molecule has 1 aliphatic heterocycles. The van der Waals surface area contributed by atoms with Gasteiger partial charge in [-0.25, -0.2) is 0 Å². The van der Waals surface area contributed by atoms with Gasteiger partial charge in [-0.05, 0) is 19.8 Å². The highest BCUT2D eigenvalue weighted by Gasteiger charge is 2.22. The Kier molecular flexibility index (Phi) is 6.88. The van der Waals surface area contributed by atoms with Gasteiger partial charge in [0.1, 0.15) is 5.01 Å². The molecule has 6 nitrogen and oxygen atoms in total. The monoisotopic (exact) mass is 331 g/mol. The number of carbonyl (C=O) groups excluding carboxylic acids is 1. The summed E-state index contributed by atoms with van der Waals surface area (Å²) in [4.78, 5) is 14.2. The lowest BCUT2D eigenvalue weighted by Crippen LogP contribution is -2.40. The van der Waals surface area contributed by atoms with Crippen LogP contribution < -0.4 is 0 Å². The highest BCUT2D eigenvalue weighted by atomic mass is 32.2. The zero-order valence-electron chi connectivity index (χ0n) is 12.4. The van der Waals surface area contributed by atoms with Crippen LogP contribution in [0, 0.1) is 6.92 Å². The van der Waals surface area contributed by atoms with Gasteiger partial charge in [0, 0.05) is 26.8 Å². The van der Waals surface area contributed by atoms with Crippen LogP contribution in [0.15, 0.2) is 4.34 Å². The molecule has 0 aromatic carbocycles. The Labute approximate surface area is 133 Å². The number of carbonyl (C=O) groups is 1. The quantitative estimate of drug-likeness (QED) is 0.674. The number of thioether (sulfide) groups is 1. The molecule has 1 saturated heterocycles. The van der Waals surface area contributed by atoms with E-state index in [0.717, 1.165) is 28.8 Å². The molecule has 1 amide bonds. The molecule has 0 radical (unpaired) electrons. The summed E-state index contributed by atoms with van der Waals surface area (Å²) in [5, 5.41) is 8.90. The molecule has 0 bridgehead atoms. The van der Waals surface area contributed by atoms with Gasteiger partial charge in [0.05, 0.1) is 18.5 Å². The van der Waals surface area contributed by atoms with Crippen molar-refractivity contribution in [3.63, 3.8) is 0 Å². The molecular formula is C13H21N3O3S2. The zero-order chi connectivity index (χ0) is 15.1. The molecule has 0 saturated carbocycles. The second-order valence-corrected chi connectivity index (χ2v) is 7.25. The number of hydrogen-bond donors (Lipinski definition) is 0. The van der Waals surface area contributed by atoms with E-state index in [1.807, 2.05) is 11.8 Å². The third-order valence-corrected chi connectivity index (χ3v) is 5.15. The molecule has 2 rings (SSSR count). The molecular weight excluding hydrogens is 310 g/mol. The molecule has 0 unspecified atom stereocenters. The normalized spacial score (nSPS) is 18.1. The number of ether oxygens (including phenoxy) is 2. The van der Waals surface area contributed by atoms with Gasteiger partial charge in [-0.1, -0.05) is 23.1 Å². The van der Waals surface area contributed by atoms with E-state index in [2.05, 4.69) is 10.2 Å². The predicted octanol–water partition coefficient (Wildman–Crippen LogP) is 1.59. The SMILES string of the molecule is COCCN(C[C@@H]1CCCO1)C(=O)CSc1nnc(C)s1. The minimum absolute atomic E-state index is 0.0976. The summed E-state index contributed by atoms with van der Waals surface area (Å²) in [6, 6.07) is 0. The predicted molar refractivity (Wildman–Crippen MR) is 82.8 cm³/mol. The molecule has 1 aromatic heterocycles. The topological polar surface area (TPSA) is 64.6 Å². The zero-order valence-corrected chi connectivity index (χ0v) is 14.0. The van der Waals surface area contributed by atoms with Crippen LogP contribution in [-0.2, 0) is 14.3 Å². The fraction of sp³-hybridized carbons (Fsp3) is 0.769. The lowest BCUT2D eigenvalue weighted by Gasteiger charge is -2.25. The molecule has 2 heterocycles. The van der Waals surface area contributed by atoms with Crippen molar-refractivity contribution < 1.29 is 14.3 Å². The second kappa shape index (κ2) is 8.67. The molecule has 1 aliphatic rings. The van der Waals surface area contributed by atoms with E-state index in [-0.39, 0.29) is 12.0 Å². The number of nitrogens with zero attached hydrogens (tertiary/aromatic N) is 3. The second-order valence-electron chi connectivity index (χ2n) is 4.84. The number of hydrogen-bond acceptors (Lipinski definition) is 7. The van der Waals surface area contributed by atoms with E-state index >= 15 is 0 Å². The Morgan fingerprint density at radius 3 is 3.05 bits per heavy atom. The first kappa shape index (κ1) is 16.7. The fourth-order valence-corrected chi connectivity index (χ4v) is 3.82. The minimum atomic E-state index is 0.0976. The van der Waals surface area contributed by atoms with Crippen molar-refractivity contribution in [1.29, 1.82) is 0 Å². The van der Waals surface area contributed by atoms with Crippen molar-refractivity contribution in [3.05, 3.63) is 5.01 Å². The maximum Gasteiger partial charge on any atom is 0.233 e. The largest absolute Gasteiger partial charge is 0.383 e. The first-order valence-electron chi connectivity index (χ1n) is 7.00. The molecule has 1 aromatic rings. The standard InChI is InChI=1S/C13H21N3O3S2/c1-10-14-15-13(21-10)20-9-12(17)16(5-7-18-2)8-11-4-3-6-19-11/h11H,3-9H2,1-2H3/t11-/m0/s1. The summed E-state index contributed by atoms with van der Waals surface area (Å²) >= 11 is 2.95. The van der Waals surface area contributed by atoms with Crippen LogP contribution in [0.2, 0.25) is 0 Å². The summed E-state index contributed by atoms with van der Waals surface area (Å²) in [6.45, 7) is 4.51. The maximum atomic E-state index is 12.4. The lowest BCUT2D eigenvalue weighted by atomic mass is 10.2. The van der Waals surface area contributed by atoms with Gasteiger partial charge in [-0.2, -0.15) is 0 Å². The Morgan fingerprint density at radius 1 is 1.57 bits per heavy atom. The van der Waals surface area contributed by atoms with E-state index in [9.17, 15) is 4.79 Å². The van der Waals surface area contributed by atoms with Crippen LogP contribution in [0.4, 0.5) is 0 Å². The van der Waals surface area contributed by atoms with Crippen LogP contribution in [0.25, 0.3) is 0 Å². The van der Waals surface area contributed by atoms with Gasteiger partial charge in [-0.3, -0.25) is 4.79 Å². The summed E-state index contributed by atoms with van der Waals surface area (Å²) < 4.78 is 11.5. The Hall–Kier alpha value is -0.700. The third kappa shape index (κ3) is 5.54. The number of amides is 1. The summed E-state index contributed by atoms with van der Waals surface area (Å²) in [6.07, 6.45) is 2.27.